The number of imidazole rings is 3. The molecule has 6 heterocycles. The second kappa shape index (κ2) is 34.7. The zero-order valence-electron chi connectivity index (χ0n) is 54.5. The van der Waals surface area contributed by atoms with Gasteiger partial charge < -0.3 is 58.7 Å². The molecule has 3 aromatic carbocycles. The Bertz CT molecular complexity index is 4380. The second-order valence-corrected chi connectivity index (χ2v) is 28.6. The van der Waals surface area contributed by atoms with E-state index in [1.165, 1.54) is 39.8 Å². The Labute approximate surface area is 555 Å². The number of H-pyrrole nitrogens is 3. The highest BCUT2D eigenvalue weighted by molar-refractivity contribution is 7.57. The van der Waals surface area contributed by atoms with Gasteiger partial charge in [0.2, 0.25) is 17.8 Å². The van der Waals surface area contributed by atoms with E-state index in [1.54, 1.807) is 58.7 Å². The van der Waals surface area contributed by atoms with Gasteiger partial charge in [0, 0.05) is 19.6 Å². The lowest BCUT2D eigenvalue weighted by Crippen LogP contribution is -2.32. The first-order valence-corrected chi connectivity index (χ1v) is 35.5. The van der Waals surface area contributed by atoms with Gasteiger partial charge in [-0.2, -0.15) is 15.0 Å². The molecule has 9 aromatic rings. The Kier molecular flexibility index (Phi) is 27.0. The van der Waals surface area contributed by atoms with Crippen LogP contribution in [0.5, 0.6) is 0 Å². The fourth-order valence-corrected chi connectivity index (χ4v) is 13.7. The number of nitrogens with two attached hydrogens (primary N) is 3. The van der Waals surface area contributed by atoms with Crippen molar-refractivity contribution in [3.05, 3.63) is 162 Å². The molecule has 518 valence electrons. The van der Waals surface area contributed by atoms with Crippen molar-refractivity contribution >= 4 is 96.9 Å². The van der Waals surface area contributed by atoms with E-state index in [4.69, 9.17) is 51.6 Å². The molecule has 0 fully saturated rings. The summed E-state index contributed by atoms with van der Waals surface area (Å²) in [6.45, 7) is 21.5. The lowest BCUT2D eigenvalue weighted by Gasteiger charge is -2.22. The van der Waals surface area contributed by atoms with Crippen molar-refractivity contribution in [2.45, 2.75) is 113 Å². The summed E-state index contributed by atoms with van der Waals surface area (Å²) in [4.78, 5) is 105. The number of nitrogens with one attached hydrogen (secondary N) is 6. The SMILES string of the molecule is CC(=O)C(C)NP(=O)(COCCn1cnc2c(=O)[nH]c(N)nc21)OCc1ccc(C)cc1.CC(=O)C(C)NP(=O)(COCCn1cnc2c(=O)[nH]c(N)nc21)OCc1ccc(C)cc1.[C-]#[N+]c1ccc(COP(=O)(COCCn2cnc3c(=O)[nH]c(N)nc32)NC(C)C(C)=O)cc1. The van der Waals surface area contributed by atoms with Crippen molar-refractivity contribution in [1.29, 1.82) is 0 Å². The van der Waals surface area contributed by atoms with E-state index in [9.17, 15) is 42.5 Å². The minimum atomic E-state index is -3.55. The van der Waals surface area contributed by atoms with Crippen molar-refractivity contribution in [2.75, 3.05) is 56.1 Å². The summed E-state index contributed by atoms with van der Waals surface area (Å²) in [5.41, 5.74) is 22.1. The van der Waals surface area contributed by atoms with Crippen LogP contribution in [0.2, 0.25) is 0 Å². The summed E-state index contributed by atoms with van der Waals surface area (Å²) < 4.78 is 78.7. The molecule has 0 aliphatic rings. The number of aromatic amines is 3. The number of aryl methyl sites for hydroxylation is 2. The van der Waals surface area contributed by atoms with Gasteiger partial charge in [-0.05, 0) is 72.1 Å². The number of carbonyl (C=O) groups is 3. The first kappa shape index (κ1) is 75.3. The highest BCUT2D eigenvalue weighted by atomic mass is 31.2. The number of aromatic nitrogens is 12. The molecule has 6 aromatic heterocycles. The first-order chi connectivity index (χ1) is 46.0. The van der Waals surface area contributed by atoms with Crippen molar-refractivity contribution in [3.8, 4) is 0 Å². The van der Waals surface area contributed by atoms with Gasteiger partial charge in [-0.15, -0.1) is 0 Å². The van der Waals surface area contributed by atoms with Gasteiger partial charge in [-0.25, -0.2) is 35.1 Å². The van der Waals surface area contributed by atoms with Crippen molar-refractivity contribution in [3.63, 3.8) is 0 Å². The van der Waals surface area contributed by atoms with E-state index in [2.05, 4.69) is 65.0 Å². The van der Waals surface area contributed by atoms with E-state index in [1.807, 2.05) is 62.4 Å². The smallest absolute Gasteiger partial charge is 0.295 e. The molecule has 12 N–H and O–H groups in total. The normalized spacial score (nSPS) is 14.2. The van der Waals surface area contributed by atoms with Crippen molar-refractivity contribution < 1.29 is 55.9 Å². The Morgan fingerprint density at radius 2 is 0.763 bits per heavy atom. The van der Waals surface area contributed by atoms with E-state index in [0.29, 0.717) is 35.7 Å². The van der Waals surface area contributed by atoms with E-state index >= 15 is 0 Å². The van der Waals surface area contributed by atoms with Gasteiger partial charge in [0.25, 0.3) is 39.2 Å². The zero-order chi connectivity index (χ0) is 70.6. The molecule has 0 amide bonds. The molecule has 0 bridgehead atoms. The molecule has 0 spiro atoms. The first-order valence-electron chi connectivity index (χ1n) is 30.0. The molecule has 37 heteroatoms. The number of hydrogen-bond donors (Lipinski definition) is 9. The third-order valence-electron chi connectivity index (χ3n) is 14.3. The number of anilines is 3. The number of rotatable bonds is 33. The lowest BCUT2D eigenvalue weighted by molar-refractivity contribution is -0.119. The van der Waals surface area contributed by atoms with Gasteiger partial charge in [-0.1, -0.05) is 83.9 Å². The summed E-state index contributed by atoms with van der Waals surface area (Å²) in [6.07, 6.45) is 3.60. The lowest BCUT2D eigenvalue weighted by atomic mass is 10.2. The molecular weight excluding hydrogens is 1320 g/mol. The Morgan fingerprint density at radius 1 is 0.495 bits per heavy atom. The summed E-state index contributed by atoms with van der Waals surface area (Å²) >= 11 is 0. The van der Waals surface area contributed by atoms with E-state index < -0.39 is 57.4 Å². The fraction of sp³-hybridized carbons (Fsp3) is 0.383. The molecule has 0 aliphatic heterocycles. The average molecular weight is 1400 g/mol. The maximum atomic E-state index is 13.3. The second-order valence-electron chi connectivity index (χ2n) is 22.3. The highest BCUT2D eigenvalue weighted by Gasteiger charge is 2.31. The van der Waals surface area contributed by atoms with Crippen molar-refractivity contribution in [2.24, 2.45) is 0 Å². The van der Waals surface area contributed by atoms with Crippen LogP contribution in [-0.4, -0.2) is 133 Å². The van der Waals surface area contributed by atoms with Crippen LogP contribution in [0.3, 0.4) is 0 Å². The molecule has 9 rings (SSSR count). The third-order valence-corrected chi connectivity index (χ3v) is 19.9. The standard InChI is InChI=1S/C20H24N7O5P.2C20H27N6O5P/c1-13(14(2)28)26-33(30,32-10-15-4-6-16(22-3)7-5-15)12-31-9-8-27-11-23-17-18(27)24-20(21)25-19(17)29;2*1-13-4-6-16(7-5-13)10-31-32(29,25-14(2)15(3)27)12-30-9-8-26-11-22-17-18(26)23-20(21)24-19(17)28/h4-7,11,13H,8-10,12H2,1-2H3,(H,26,30)(H3,21,24,25,29);2*4-7,11,14H,8-10,12H2,1-3H3,(H,25,29)(H3,21,23,24,28). The molecule has 6 atom stereocenters. The number of ketones is 3. The maximum absolute atomic E-state index is 13.3. The summed E-state index contributed by atoms with van der Waals surface area (Å²) in [5.74, 6) is -0.576. The van der Waals surface area contributed by atoms with Crippen LogP contribution < -0.4 is 49.1 Å². The fourth-order valence-electron chi connectivity index (χ4n) is 8.51. The number of carbonyl (C=O) groups excluding carboxylic acids is 3. The molecule has 0 saturated heterocycles. The van der Waals surface area contributed by atoms with Crippen molar-refractivity contribution in [1.82, 2.24) is 73.8 Å². The minimum absolute atomic E-state index is 0.00861. The Balaban J connectivity index is 0.000000205. The Hall–Kier alpha value is -9.06. The van der Waals surface area contributed by atoms with Crippen LogP contribution in [0.4, 0.5) is 23.5 Å². The van der Waals surface area contributed by atoms with Gasteiger partial charge in [0.1, 0.15) is 36.4 Å². The molecule has 0 radical (unpaired) electrons. The number of hydrogen-bond acceptors (Lipinski definition) is 24. The predicted molar refractivity (Wildman–Crippen MR) is 362 cm³/mol. The zero-order valence-corrected chi connectivity index (χ0v) is 57.2. The number of nitrogens with zero attached hydrogens (tertiary/aromatic N) is 10. The third kappa shape index (κ3) is 22.5. The summed E-state index contributed by atoms with van der Waals surface area (Å²) in [7, 11) is -10.5. The number of nitrogen functional groups attached to an aromatic ring is 3. The number of benzene rings is 3. The van der Waals surface area contributed by atoms with Crippen LogP contribution in [0.25, 0.3) is 38.3 Å². The topological polar surface area (TPSA) is 467 Å². The van der Waals surface area contributed by atoms with Crippen LogP contribution in [0, 0.1) is 20.4 Å². The minimum Gasteiger partial charge on any atom is -0.369 e. The molecule has 97 heavy (non-hydrogen) atoms. The van der Waals surface area contributed by atoms with Gasteiger partial charge in [-0.3, -0.25) is 57.4 Å². The van der Waals surface area contributed by atoms with Crippen LogP contribution in [0.1, 0.15) is 69.4 Å². The van der Waals surface area contributed by atoms with Crippen LogP contribution >= 0.6 is 22.6 Å². The van der Waals surface area contributed by atoms with Crippen LogP contribution in [-0.2, 0) is 95.3 Å². The largest absolute Gasteiger partial charge is 0.369 e. The molecular formula is C60H78N19O15P3. The molecule has 0 aliphatic carbocycles. The number of ether oxygens (including phenoxy) is 3. The highest BCUT2D eigenvalue weighted by Crippen LogP contribution is 2.46. The van der Waals surface area contributed by atoms with E-state index in [0.717, 1.165) is 27.8 Å². The van der Waals surface area contributed by atoms with Gasteiger partial charge in [0.05, 0.1) is 83.3 Å². The summed E-state index contributed by atoms with van der Waals surface area (Å²) in [6, 6.07) is 20.0. The monoisotopic (exact) mass is 1400 g/mol. The van der Waals surface area contributed by atoms with Gasteiger partial charge >= 0.3 is 0 Å². The Morgan fingerprint density at radius 3 is 1.02 bits per heavy atom. The summed E-state index contributed by atoms with van der Waals surface area (Å²) in [5, 5.41) is 8.30. The van der Waals surface area contributed by atoms with E-state index in [-0.39, 0.29) is 117 Å². The molecule has 34 nitrogen and oxygen atoms in total. The quantitative estimate of drug-likeness (QED) is 0.0127. The van der Waals surface area contributed by atoms with Gasteiger partial charge in [0.15, 0.2) is 39.2 Å². The van der Waals surface area contributed by atoms with Crippen LogP contribution in [0.15, 0.2) is 106 Å². The predicted octanol–water partition coefficient (Wildman–Crippen LogP) is 6.13. The maximum Gasteiger partial charge on any atom is 0.295 e. The average Bonchev–Trinajstić information content (AvgIpc) is 1.71. The molecule has 0 saturated carbocycles. The number of fused-ring (bicyclic) bond motifs is 3. The number of Topliss-reactive ketones (excluding diaryl/α,β-unsaturated/α-hetero) is 3. The molecule has 6 unspecified atom stereocenters.